The van der Waals surface area contributed by atoms with E-state index in [4.69, 9.17) is 9.47 Å². The van der Waals surface area contributed by atoms with E-state index in [0.29, 0.717) is 6.61 Å². The molecule has 7 heteroatoms. The summed E-state index contributed by atoms with van der Waals surface area (Å²) < 4.78 is 11.7. The highest BCUT2D eigenvalue weighted by atomic mass is 127. The molecule has 0 spiro atoms. The van der Waals surface area contributed by atoms with Crippen LogP contribution in [0.25, 0.3) is 0 Å². The number of aryl methyl sites for hydroxylation is 1. The zero-order chi connectivity index (χ0) is 18.8. The predicted molar refractivity (Wildman–Crippen MR) is 127 cm³/mol. The van der Waals surface area contributed by atoms with E-state index in [1.807, 2.05) is 37.0 Å². The first-order valence-corrected chi connectivity index (χ1v) is 10.4. The molecule has 2 rings (SSSR count). The first-order valence-electron chi connectivity index (χ1n) is 9.42. The highest BCUT2D eigenvalue weighted by Gasteiger charge is 2.32. The van der Waals surface area contributed by atoms with Crippen molar-refractivity contribution in [3.63, 3.8) is 0 Å². The van der Waals surface area contributed by atoms with Gasteiger partial charge in [0.15, 0.2) is 5.96 Å². The lowest BCUT2D eigenvalue weighted by Gasteiger charge is -2.37. The molecule has 0 unspecified atom stereocenters. The maximum atomic E-state index is 5.91. The predicted octanol–water partition coefficient (Wildman–Crippen LogP) is 3.80. The number of nitrogens with zero attached hydrogens (tertiary/aromatic N) is 2. The van der Waals surface area contributed by atoms with Gasteiger partial charge in [0.25, 0.3) is 0 Å². The molecule has 1 fully saturated rings. The fourth-order valence-corrected chi connectivity index (χ4v) is 4.41. The van der Waals surface area contributed by atoms with Gasteiger partial charge in [-0.3, -0.25) is 4.99 Å². The molecule has 1 N–H and O–H groups in total. The van der Waals surface area contributed by atoms with E-state index >= 15 is 0 Å². The van der Waals surface area contributed by atoms with E-state index in [2.05, 4.69) is 42.2 Å². The van der Waals surface area contributed by atoms with Gasteiger partial charge in [-0.25, -0.2) is 0 Å². The number of halogens is 1. The van der Waals surface area contributed by atoms with Crippen LogP contribution in [0.4, 0.5) is 0 Å². The van der Waals surface area contributed by atoms with Crippen molar-refractivity contribution in [2.75, 3.05) is 52.8 Å². The van der Waals surface area contributed by atoms with Gasteiger partial charge >= 0.3 is 0 Å². The topological polar surface area (TPSA) is 46.1 Å². The highest BCUT2D eigenvalue weighted by Crippen LogP contribution is 2.34. The number of hydrogen-bond acceptors (Lipinski definition) is 4. The van der Waals surface area contributed by atoms with Crippen LogP contribution >= 0.6 is 35.7 Å². The molecule has 154 valence electrons. The Morgan fingerprint density at radius 3 is 2.67 bits per heavy atom. The molecule has 0 bridgehead atoms. The van der Waals surface area contributed by atoms with Crippen molar-refractivity contribution < 1.29 is 9.47 Å². The van der Waals surface area contributed by atoms with Gasteiger partial charge in [0.1, 0.15) is 12.4 Å². The number of thioether (sulfide) groups is 1. The molecule has 0 aliphatic carbocycles. The molecule has 0 saturated carbocycles. The van der Waals surface area contributed by atoms with Gasteiger partial charge in [0.2, 0.25) is 0 Å². The van der Waals surface area contributed by atoms with Crippen LogP contribution in [0.2, 0.25) is 0 Å². The van der Waals surface area contributed by atoms with E-state index in [9.17, 15) is 0 Å². The number of guanidine groups is 1. The Labute approximate surface area is 185 Å². The number of aliphatic imine (C=N–C) groups is 1. The van der Waals surface area contributed by atoms with Crippen LogP contribution in [-0.4, -0.2) is 68.4 Å². The van der Waals surface area contributed by atoms with Crippen LogP contribution in [0.1, 0.15) is 25.3 Å². The second-order valence-corrected chi connectivity index (χ2v) is 8.40. The van der Waals surface area contributed by atoms with Crippen LogP contribution in [-0.2, 0) is 4.74 Å². The third kappa shape index (κ3) is 7.69. The van der Waals surface area contributed by atoms with E-state index < -0.39 is 0 Å². The molecule has 1 saturated heterocycles. The minimum absolute atomic E-state index is 0. The Hall–Kier alpha value is -0.670. The first kappa shape index (κ1) is 24.4. The lowest BCUT2D eigenvalue weighted by Crippen LogP contribution is -2.49. The number of hydrogen-bond donors (Lipinski definition) is 1. The number of para-hydroxylation sites is 1. The third-order valence-electron chi connectivity index (χ3n) is 4.77. The molecule has 0 radical (unpaired) electrons. The second-order valence-electron chi connectivity index (χ2n) is 6.66. The van der Waals surface area contributed by atoms with E-state index in [-0.39, 0.29) is 28.7 Å². The number of nitrogens with one attached hydrogen (secondary N) is 1. The summed E-state index contributed by atoms with van der Waals surface area (Å²) in [5.74, 6) is 2.99. The maximum absolute atomic E-state index is 5.91. The molecule has 1 heterocycles. The Balaban J connectivity index is 0.00000364. The summed E-state index contributed by atoms with van der Waals surface area (Å²) in [4.78, 5) is 6.57. The summed E-state index contributed by atoms with van der Waals surface area (Å²) in [5.41, 5.74) is 1.16. The SMILES string of the molecule is CCSC1(CNC(=NC)N(C)CCOc2ccccc2C)CCOCC1.I. The molecular weight excluding hydrogens is 473 g/mol. The van der Waals surface area contributed by atoms with Gasteiger partial charge in [-0.2, -0.15) is 11.8 Å². The maximum Gasteiger partial charge on any atom is 0.193 e. The lowest BCUT2D eigenvalue weighted by atomic mass is 9.99. The number of benzene rings is 1. The number of likely N-dealkylation sites (N-methyl/N-ethyl adjacent to an activating group) is 1. The van der Waals surface area contributed by atoms with Crippen LogP contribution in [0, 0.1) is 6.92 Å². The van der Waals surface area contributed by atoms with Crippen molar-refractivity contribution in [2.45, 2.75) is 31.4 Å². The Morgan fingerprint density at radius 2 is 2.04 bits per heavy atom. The van der Waals surface area contributed by atoms with Gasteiger partial charge in [-0.15, -0.1) is 24.0 Å². The molecule has 1 aliphatic rings. The van der Waals surface area contributed by atoms with Gasteiger partial charge in [-0.05, 0) is 37.1 Å². The van der Waals surface area contributed by atoms with Crippen LogP contribution in [0.3, 0.4) is 0 Å². The van der Waals surface area contributed by atoms with E-state index in [0.717, 1.165) is 62.2 Å². The summed E-state index contributed by atoms with van der Waals surface area (Å²) in [6.45, 7) is 8.34. The number of ether oxygens (including phenoxy) is 2. The number of rotatable bonds is 8. The molecule has 1 aliphatic heterocycles. The van der Waals surface area contributed by atoms with Gasteiger partial charge < -0.3 is 19.7 Å². The fraction of sp³-hybridized carbons (Fsp3) is 0.650. The molecule has 0 aromatic heterocycles. The lowest BCUT2D eigenvalue weighted by molar-refractivity contribution is 0.0780. The normalized spacial score (nSPS) is 16.4. The van der Waals surface area contributed by atoms with Gasteiger partial charge in [0, 0.05) is 38.6 Å². The molecule has 27 heavy (non-hydrogen) atoms. The van der Waals surface area contributed by atoms with Crippen molar-refractivity contribution in [1.82, 2.24) is 10.2 Å². The van der Waals surface area contributed by atoms with Crippen LogP contribution < -0.4 is 10.1 Å². The first-order chi connectivity index (χ1) is 12.6. The van der Waals surface area contributed by atoms with Gasteiger partial charge in [0.05, 0.1) is 6.54 Å². The van der Waals surface area contributed by atoms with Crippen LogP contribution in [0.15, 0.2) is 29.3 Å². The van der Waals surface area contributed by atoms with Crippen molar-refractivity contribution in [3.05, 3.63) is 29.8 Å². The summed E-state index contributed by atoms with van der Waals surface area (Å²) in [6.07, 6.45) is 2.19. The Morgan fingerprint density at radius 1 is 1.33 bits per heavy atom. The molecular formula is C20H34IN3O2S. The molecule has 1 aromatic carbocycles. The zero-order valence-corrected chi connectivity index (χ0v) is 20.1. The standard InChI is InChI=1S/C20H33N3O2S.HI/c1-5-26-20(10-13-24-14-11-20)16-22-19(21-3)23(4)12-15-25-18-9-7-6-8-17(18)2;/h6-9H,5,10-16H2,1-4H3,(H,21,22);1H. The molecule has 0 atom stereocenters. The molecule has 5 nitrogen and oxygen atoms in total. The second kappa shape index (κ2) is 12.7. The van der Waals surface area contributed by atoms with E-state index in [1.54, 1.807) is 0 Å². The molecule has 1 aromatic rings. The summed E-state index contributed by atoms with van der Waals surface area (Å²) in [6, 6.07) is 8.11. The minimum atomic E-state index is 0. The van der Waals surface area contributed by atoms with E-state index in [1.165, 1.54) is 0 Å². The average Bonchev–Trinajstić information content (AvgIpc) is 2.65. The quantitative estimate of drug-likeness (QED) is 0.330. The smallest absolute Gasteiger partial charge is 0.193 e. The largest absolute Gasteiger partial charge is 0.491 e. The van der Waals surface area contributed by atoms with Crippen LogP contribution in [0.5, 0.6) is 5.75 Å². The van der Waals surface area contributed by atoms with Crippen molar-refractivity contribution in [1.29, 1.82) is 0 Å². The van der Waals surface area contributed by atoms with Crippen molar-refractivity contribution in [3.8, 4) is 5.75 Å². The minimum Gasteiger partial charge on any atom is -0.491 e. The van der Waals surface area contributed by atoms with Gasteiger partial charge in [-0.1, -0.05) is 25.1 Å². The average molecular weight is 507 g/mol. The Bertz CT molecular complexity index is 575. The third-order valence-corrected chi connectivity index (χ3v) is 6.23. The fourth-order valence-electron chi connectivity index (χ4n) is 3.16. The summed E-state index contributed by atoms with van der Waals surface area (Å²) in [5, 5.41) is 3.57. The highest BCUT2D eigenvalue weighted by molar-refractivity contribution is 14.0. The molecule has 0 amide bonds. The zero-order valence-electron chi connectivity index (χ0n) is 17.0. The van der Waals surface area contributed by atoms with Crippen molar-refractivity contribution in [2.24, 2.45) is 4.99 Å². The summed E-state index contributed by atoms with van der Waals surface area (Å²) >= 11 is 2.04. The summed E-state index contributed by atoms with van der Waals surface area (Å²) in [7, 11) is 3.89. The Kier molecular flexibility index (Phi) is 11.5. The monoisotopic (exact) mass is 507 g/mol. The van der Waals surface area contributed by atoms with Crippen molar-refractivity contribution >= 4 is 41.7 Å².